The van der Waals surface area contributed by atoms with E-state index in [9.17, 15) is 4.79 Å². The van der Waals surface area contributed by atoms with Crippen molar-refractivity contribution in [1.29, 1.82) is 0 Å². The molecule has 2 aliphatic heterocycles. The van der Waals surface area contributed by atoms with Crippen LogP contribution in [0.15, 0.2) is 24.3 Å². The van der Waals surface area contributed by atoms with E-state index in [1.54, 1.807) is 0 Å². The Morgan fingerprint density at radius 1 is 1.07 bits per heavy atom. The number of carbonyl (C=O) groups excluding carboxylic acids is 1. The van der Waals surface area contributed by atoms with Crippen LogP contribution >= 0.6 is 24.8 Å². The Labute approximate surface area is 175 Å². The van der Waals surface area contributed by atoms with Crippen molar-refractivity contribution in [2.24, 2.45) is 11.7 Å². The monoisotopic (exact) mass is 417 g/mol. The number of benzene rings is 1. The Balaban J connectivity index is 0.00000182. The third-order valence-electron chi connectivity index (χ3n) is 5.40. The number of hydrogen-bond donors (Lipinski definition) is 2. The predicted molar refractivity (Wildman–Crippen MR) is 115 cm³/mol. The van der Waals surface area contributed by atoms with Gasteiger partial charge in [0.15, 0.2) is 0 Å². The summed E-state index contributed by atoms with van der Waals surface area (Å²) in [6.07, 6.45) is 7.05. The van der Waals surface area contributed by atoms with Gasteiger partial charge in [-0.15, -0.1) is 24.8 Å². The lowest BCUT2D eigenvalue weighted by Crippen LogP contribution is -2.44. The number of amides is 1. The summed E-state index contributed by atoms with van der Waals surface area (Å²) in [5.74, 6) is 0.128. The van der Waals surface area contributed by atoms with Crippen molar-refractivity contribution in [2.75, 3.05) is 31.6 Å². The van der Waals surface area contributed by atoms with Gasteiger partial charge in [-0.25, -0.2) is 0 Å². The van der Waals surface area contributed by atoms with Crippen molar-refractivity contribution < 1.29 is 9.53 Å². The molecular formula is C20H33Cl2N3O2. The van der Waals surface area contributed by atoms with Crippen molar-refractivity contribution >= 4 is 36.4 Å². The molecule has 0 bridgehead atoms. The number of rotatable bonds is 5. The number of nitrogens with zero attached hydrogens (tertiary/aromatic N) is 1. The Kier molecular flexibility index (Phi) is 11.3. The molecule has 5 nitrogen and oxygen atoms in total. The maximum Gasteiger partial charge on any atom is 0.241 e. The molecule has 1 unspecified atom stereocenters. The summed E-state index contributed by atoms with van der Waals surface area (Å²) in [5, 5.41) is 2.96. The normalized spacial score (nSPS) is 19.9. The summed E-state index contributed by atoms with van der Waals surface area (Å²) < 4.78 is 5.34. The van der Waals surface area contributed by atoms with E-state index in [0.717, 1.165) is 25.1 Å². The molecule has 27 heavy (non-hydrogen) atoms. The summed E-state index contributed by atoms with van der Waals surface area (Å²) in [6, 6.07) is 7.74. The van der Waals surface area contributed by atoms with E-state index < -0.39 is 6.04 Å². The van der Waals surface area contributed by atoms with Gasteiger partial charge in [-0.05, 0) is 62.4 Å². The van der Waals surface area contributed by atoms with Gasteiger partial charge in [-0.2, -0.15) is 0 Å². The van der Waals surface area contributed by atoms with Crippen LogP contribution in [0.1, 0.15) is 44.1 Å². The van der Waals surface area contributed by atoms with Crippen LogP contribution in [0.5, 0.6) is 0 Å². The highest BCUT2D eigenvalue weighted by atomic mass is 35.5. The van der Waals surface area contributed by atoms with Gasteiger partial charge in [-0.3, -0.25) is 9.69 Å². The first-order valence-electron chi connectivity index (χ1n) is 9.68. The minimum Gasteiger partial charge on any atom is -0.381 e. The predicted octanol–water partition coefficient (Wildman–Crippen LogP) is 3.60. The first kappa shape index (κ1) is 24.2. The van der Waals surface area contributed by atoms with Crippen LogP contribution in [-0.4, -0.2) is 43.2 Å². The number of carbonyl (C=O) groups is 1. The number of halogens is 2. The number of anilines is 1. The van der Waals surface area contributed by atoms with Gasteiger partial charge in [0, 0.05) is 25.4 Å². The molecule has 0 saturated carbocycles. The Morgan fingerprint density at radius 3 is 2.26 bits per heavy atom. The van der Waals surface area contributed by atoms with Crippen molar-refractivity contribution in [3.63, 3.8) is 0 Å². The lowest BCUT2D eigenvalue weighted by molar-refractivity contribution is -0.119. The van der Waals surface area contributed by atoms with Gasteiger partial charge in [0.05, 0.1) is 6.04 Å². The fourth-order valence-corrected chi connectivity index (χ4v) is 3.76. The highest BCUT2D eigenvalue weighted by Crippen LogP contribution is 2.20. The summed E-state index contributed by atoms with van der Waals surface area (Å²) in [6.45, 7) is 4.79. The van der Waals surface area contributed by atoms with Gasteiger partial charge in [0.2, 0.25) is 5.91 Å². The lowest BCUT2D eigenvalue weighted by atomic mass is 9.92. The number of nitrogens with two attached hydrogens (primary N) is 1. The van der Waals surface area contributed by atoms with E-state index in [4.69, 9.17) is 10.5 Å². The average Bonchev–Trinajstić information content (AvgIpc) is 2.92. The van der Waals surface area contributed by atoms with Gasteiger partial charge < -0.3 is 15.8 Å². The molecule has 2 fully saturated rings. The Bertz CT molecular complexity index is 543. The zero-order valence-electron chi connectivity index (χ0n) is 15.9. The zero-order valence-corrected chi connectivity index (χ0v) is 17.5. The Morgan fingerprint density at radius 2 is 1.67 bits per heavy atom. The smallest absolute Gasteiger partial charge is 0.241 e. The highest BCUT2D eigenvalue weighted by molar-refractivity contribution is 5.94. The molecule has 0 aromatic heterocycles. The second kappa shape index (κ2) is 12.6. The quantitative estimate of drug-likeness (QED) is 0.767. The minimum absolute atomic E-state index is 0. The molecule has 0 radical (unpaired) electrons. The van der Waals surface area contributed by atoms with E-state index in [2.05, 4.69) is 22.3 Å². The molecular weight excluding hydrogens is 385 g/mol. The summed E-state index contributed by atoms with van der Waals surface area (Å²) in [7, 11) is 0. The molecule has 1 aromatic carbocycles. The topological polar surface area (TPSA) is 67.6 Å². The van der Waals surface area contributed by atoms with Gasteiger partial charge in [-0.1, -0.05) is 25.0 Å². The van der Waals surface area contributed by atoms with Crippen molar-refractivity contribution in [3.8, 4) is 0 Å². The molecule has 2 heterocycles. The van der Waals surface area contributed by atoms with Gasteiger partial charge >= 0.3 is 0 Å². The average molecular weight is 418 g/mol. The SMILES string of the molecule is Cl.Cl.NC(C(=O)Nc1ccc(CN2CCCCCC2)cc1)C1CCOCC1. The van der Waals surface area contributed by atoms with E-state index in [1.807, 2.05) is 12.1 Å². The molecule has 0 spiro atoms. The molecule has 0 aliphatic carbocycles. The van der Waals surface area contributed by atoms with Crippen LogP contribution in [0.2, 0.25) is 0 Å². The van der Waals surface area contributed by atoms with Gasteiger partial charge in [0.25, 0.3) is 0 Å². The molecule has 1 atom stereocenters. The van der Waals surface area contributed by atoms with Crippen molar-refractivity contribution in [3.05, 3.63) is 29.8 Å². The third-order valence-corrected chi connectivity index (χ3v) is 5.40. The summed E-state index contributed by atoms with van der Waals surface area (Å²) in [4.78, 5) is 14.9. The number of likely N-dealkylation sites (tertiary alicyclic amines) is 1. The van der Waals surface area contributed by atoms with E-state index in [-0.39, 0.29) is 36.6 Å². The van der Waals surface area contributed by atoms with E-state index in [0.29, 0.717) is 13.2 Å². The molecule has 1 amide bonds. The Hall–Kier alpha value is -0.850. The zero-order chi connectivity index (χ0) is 17.5. The molecule has 2 saturated heterocycles. The molecule has 7 heteroatoms. The molecule has 3 N–H and O–H groups in total. The van der Waals surface area contributed by atoms with Crippen LogP contribution in [0, 0.1) is 5.92 Å². The largest absolute Gasteiger partial charge is 0.381 e. The molecule has 154 valence electrons. The molecule has 3 rings (SSSR count). The van der Waals surface area contributed by atoms with Crippen LogP contribution < -0.4 is 11.1 Å². The van der Waals surface area contributed by atoms with Crippen molar-refractivity contribution in [1.82, 2.24) is 4.90 Å². The van der Waals surface area contributed by atoms with Gasteiger partial charge in [0.1, 0.15) is 0 Å². The number of nitrogens with one attached hydrogen (secondary N) is 1. The van der Waals surface area contributed by atoms with Crippen molar-refractivity contribution in [2.45, 2.75) is 51.1 Å². The van der Waals surface area contributed by atoms with Crippen LogP contribution in [-0.2, 0) is 16.1 Å². The second-order valence-corrected chi connectivity index (χ2v) is 7.35. The fraction of sp³-hybridized carbons (Fsp3) is 0.650. The van der Waals surface area contributed by atoms with E-state index in [1.165, 1.54) is 44.3 Å². The lowest BCUT2D eigenvalue weighted by Gasteiger charge is -2.26. The van der Waals surface area contributed by atoms with Crippen LogP contribution in [0.3, 0.4) is 0 Å². The summed E-state index contributed by atoms with van der Waals surface area (Å²) >= 11 is 0. The van der Waals surface area contributed by atoms with Crippen LogP contribution in [0.25, 0.3) is 0 Å². The fourth-order valence-electron chi connectivity index (χ4n) is 3.76. The first-order valence-corrected chi connectivity index (χ1v) is 9.68. The maximum atomic E-state index is 12.4. The summed E-state index contributed by atoms with van der Waals surface area (Å²) in [5.41, 5.74) is 8.26. The highest BCUT2D eigenvalue weighted by Gasteiger charge is 2.26. The van der Waals surface area contributed by atoms with E-state index >= 15 is 0 Å². The number of hydrogen-bond acceptors (Lipinski definition) is 4. The first-order chi connectivity index (χ1) is 12.2. The second-order valence-electron chi connectivity index (χ2n) is 7.35. The minimum atomic E-state index is -0.458. The van der Waals surface area contributed by atoms with Crippen LogP contribution in [0.4, 0.5) is 5.69 Å². The standard InChI is InChI=1S/C20H31N3O2.2ClH/c21-19(17-9-13-25-14-10-17)20(24)22-18-7-5-16(6-8-18)15-23-11-3-1-2-4-12-23;;/h5-8,17,19H,1-4,9-15,21H2,(H,22,24);2*1H. The number of ether oxygens (including phenoxy) is 1. The molecule has 2 aliphatic rings. The maximum absolute atomic E-state index is 12.4. The third kappa shape index (κ3) is 7.59. The molecule has 1 aromatic rings.